The predicted octanol–water partition coefficient (Wildman–Crippen LogP) is 4.46. The second kappa shape index (κ2) is 5.98. The highest BCUT2D eigenvalue weighted by molar-refractivity contribution is 7.99. The third kappa shape index (κ3) is 2.89. The average molecular weight is 287 g/mol. The number of nitrogens with one attached hydrogen (secondary N) is 1. The second-order valence-electron chi connectivity index (χ2n) is 5.19. The number of rotatable bonds is 3. The van der Waals surface area contributed by atoms with Gasteiger partial charge in [0.1, 0.15) is 5.82 Å². The van der Waals surface area contributed by atoms with Gasteiger partial charge >= 0.3 is 0 Å². The van der Waals surface area contributed by atoms with E-state index in [0.717, 1.165) is 24.3 Å². The minimum atomic E-state index is -0.131. The van der Waals surface area contributed by atoms with Crippen LogP contribution in [-0.2, 0) is 6.54 Å². The standard InChI is InChI=1S/C17H18FNS/c1-12-10-13(6-7-15(12)18)11-19-16-8-9-20-17-5-3-2-4-14(16)17/h2-7,10,16,19H,8-9,11H2,1H3. The zero-order valence-electron chi connectivity index (χ0n) is 11.5. The van der Waals surface area contributed by atoms with Crippen molar-refractivity contribution in [3.8, 4) is 0 Å². The van der Waals surface area contributed by atoms with Crippen molar-refractivity contribution in [2.45, 2.75) is 30.8 Å². The van der Waals surface area contributed by atoms with E-state index in [4.69, 9.17) is 0 Å². The summed E-state index contributed by atoms with van der Waals surface area (Å²) in [5.74, 6) is 1.02. The van der Waals surface area contributed by atoms with E-state index < -0.39 is 0 Å². The highest BCUT2D eigenvalue weighted by Crippen LogP contribution is 2.35. The Balaban J connectivity index is 1.71. The lowest BCUT2D eigenvalue weighted by Gasteiger charge is -2.26. The van der Waals surface area contributed by atoms with Crippen LogP contribution in [-0.4, -0.2) is 5.75 Å². The highest BCUT2D eigenvalue weighted by Gasteiger charge is 2.19. The lowest BCUT2D eigenvalue weighted by atomic mass is 10.0. The quantitative estimate of drug-likeness (QED) is 0.894. The van der Waals surface area contributed by atoms with E-state index >= 15 is 0 Å². The van der Waals surface area contributed by atoms with Crippen LogP contribution in [0.3, 0.4) is 0 Å². The fourth-order valence-corrected chi connectivity index (χ4v) is 3.74. The Labute approximate surface area is 123 Å². The van der Waals surface area contributed by atoms with Crippen molar-refractivity contribution in [2.75, 3.05) is 5.75 Å². The summed E-state index contributed by atoms with van der Waals surface area (Å²) in [6.07, 6.45) is 1.14. The first kappa shape index (κ1) is 13.7. The maximum absolute atomic E-state index is 13.3. The predicted molar refractivity (Wildman–Crippen MR) is 82.5 cm³/mol. The minimum Gasteiger partial charge on any atom is -0.306 e. The summed E-state index contributed by atoms with van der Waals surface area (Å²) in [6.45, 7) is 2.59. The zero-order chi connectivity index (χ0) is 13.9. The summed E-state index contributed by atoms with van der Waals surface area (Å²) < 4.78 is 13.3. The average Bonchev–Trinajstić information content (AvgIpc) is 2.48. The van der Waals surface area contributed by atoms with Gasteiger partial charge in [0.2, 0.25) is 0 Å². The molecule has 1 heterocycles. The molecule has 0 spiro atoms. The van der Waals surface area contributed by atoms with Gasteiger partial charge in [-0.15, -0.1) is 11.8 Å². The molecule has 1 N–H and O–H groups in total. The van der Waals surface area contributed by atoms with Crippen LogP contribution in [0.25, 0.3) is 0 Å². The van der Waals surface area contributed by atoms with Gasteiger partial charge in [-0.25, -0.2) is 4.39 Å². The van der Waals surface area contributed by atoms with Crippen molar-refractivity contribution >= 4 is 11.8 Å². The van der Waals surface area contributed by atoms with Crippen LogP contribution in [0.5, 0.6) is 0 Å². The molecule has 104 valence electrons. The number of aryl methyl sites for hydroxylation is 1. The molecule has 0 radical (unpaired) electrons. The van der Waals surface area contributed by atoms with Crippen molar-refractivity contribution in [1.29, 1.82) is 0 Å². The van der Waals surface area contributed by atoms with Crippen LogP contribution >= 0.6 is 11.8 Å². The third-order valence-electron chi connectivity index (χ3n) is 3.73. The summed E-state index contributed by atoms with van der Waals surface area (Å²) in [7, 11) is 0. The molecule has 20 heavy (non-hydrogen) atoms. The minimum absolute atomic E-state index is 0.131. The second-order valence-corrected chi connectivity index (χ2v) is 6.33. The first-order valence-electron chi connectivity index (χ1n) is 6.94. The molecule has 2 aromatic carbocycles. The molecule has 3 rings (SSSR count). The first-order chi connectivity index (χ1) is 9.74. The van der Waals surface area contributed by atoms with E-state index in [1.54, 1.807) is 6.07 Å². The maximum atomic E-state index is 13.3. The largest absolute Gasteiger partial charge is 0.306 e. The smallest absolute Gasteiger partial charge is 0.126 e. The number of thioether (sulfide) groups is 1. The molecular weight excluding hydrogens is 269 g/mol. The topological polar surface area (TPSA) is 12.0 Å². The molecule has 0 fully saturated rings. The Morgan fingerprint density at radius 2 is 2.10 bits per heavy atom. The van der Waals surface area contributed by atoms with Gasteiger partial charge in [-0.1, -0.05) is 30.3 Å². The number of hydrogen-bond donors (Lipinski definition) is 1. The summed E-state index contributed by atoms with van der Waals surface area (Å²) in [6, 6.07) is 14.3. The lowest BCUT2D eigenvalue weighted by molar-refractivity contribution is 0.509. The van der Waals surface area contributed by atoms with Gasteiger partial charge in [0.15, 0.2) is 0 Å². The molecule has 3 heteroatoms. The van der Waals surface area contributed by atoms with Crippen LogP contribution in [0, 0.1) is 12.7 Å². The fourth-order valence-electron chi connectivity index (χ4n) is 2.61. The van der Waals surface area contributed by atoms with Crippen molar-refractivity contribution in [3.63, 3.8) is 0 Å². The van der Waals surface area contributed by atoms with Gasteiger partial charge in [0.05, 0.1) is 0 Å². The molecule has 0 bridgehead atoms. The lowest BCUT2D eigenvalue weighted by Crippen LogP contribution is -2.24. The van der Waals surface area contributed by atoms with E-state index in [9.17, 15) is 4.39 Å². The van der Waals surface area contributed by atoms with Crippen molar-refractivity contribution in [2.24, 2.45) is 0 Å². The van der Waals surface area contributed by atoms with E-state index in [-0.39, 0.29) is 5.82 Å². The van der Waals surface area contributed by atoms with Crippen LogP contribution in [0.4, 0.5) is 4.39 Å². The third-order valence-corrected chi connectivity index (χ3v) is 4.86. The van der Waals surface area contributed by atoms with Gasteiger partial charge < -0.3 is 5.32 Å². The summed E-state index contributed by atoms with van der Waals surface area (Å²) in [5.41, 5.74) is 3.24. The van der Waals surface area contributed by atoms with Crippen molar-refractivity contribution in [3.05, 3.63) is 65.0 Å². The highest BCUT2D eigenvalue weighted by atomic mass is 32.2. The number of fused-ring (bicyclic) bond motifs is 1. The Morgan fingerprint density at radius 1 is 1.25 bits per heavy atom. The Morgan fingerprint density at radius 3 is 2.95 bits per heavy atom. The summed E-state index contributed by atoms with van der Waals surface area (Å²) >= 11 is 1.93. The van der Waals surface area contributed by atoms with Gasteiger partial charge in [0.25, 0.3) is 0 Å². The Bertz CT molecular complexity index is 612. The molecule has 0 aliphatic carbocycles. The summed E-state index contributed by atoms with van der Waals surface area (Å²) in [5, 5.41) is 3.60. The number of benzene rings is 2. The van der Waals surface area contributed by atoms with E-state index in [0.29, 0.717) is 11.6 Å². The fraction of sp³-hybridized carbons (Fsp3) is 0.294. The van der Waals surface area contributed by atoms with Gasteiger partial charge in [-0.2, -0.15) is 0 Å². The maximum Gasteiger partial charge on any atom is 0.126 e. The van der Waals surface area contributed by atoms with Gasteiger partial charge in [-0.3, -0.25) is 0 Å². The van der Waals surface area contributed by atoms with E-state index in [1.165, 1.54) is 10.5 Å². The van der Waals surface area contributed by atoms with E-state index in [1.807, 2.05) is 30.8 Å². The summed E-state index contributed by atoms with van der Waals surface area (Å²) in [4.78, 5) is 1.38. The van der Waals surface area contributed by atoms with Crippen molar-refractivity contribution < 1.29 is 4.39 Å². The first-order valence-corrected chi connectivity index (χ1v) is 7.93. The molecule has 1 aliphatic rings. The van der Waals surface area contributed by atoms with Crippen LogP contribution in [0.15, 0.2) is 47.4 Å². The van der Waals surface area contributed by atoms with Crippen LogP contribution < -0.4 is 5.32 Å². The molecule has 0 saturated carbocycles. The monoisotopic (exact) mass is 287 g/mol. The zero-order valence-corrected chi connectivity index (χ0v) is 12.3. The molecule has 1 unspecified atom stereocenters. The number of halogens is 1. The SMILES string of the molecule is Cc1cc(CNC2CCSc3ccccc32)ccc1F. The molecule has 1 nitrogen and oxygen atoms in total. The Kier molecular flexibility index (Phi) is 4.08. The molecule has 1 atom stereocenters. The Hall–Kier alpha value is -1.32. The molecular formula is C17H18FNS. The van der Waals surface area contributed by atoms with Crippen LogP contribution in [0.1, 0.15) is 29.2 Å². The molecule has 0 amide bonds. The molecule has 0 aromatic heterocycles. The van der Waals surface area contributed by atoms with Crippen molar-refractivity contribution in [1.82, 2.24) is 5.32 Å². The van der Waals surface area contributed by atoms with Gasteiger partial charge in [0, 0.05) is 17.5 Å². The van der Waals surface area contributed by atoms with Gasteiger partial charge in [-0.05, 0) is 47.9 Å². The molecule has 2 aromatic rings. The van der Waals surface area contributed by atoms with E-state index in [2.05, 4.69) is 29.6 Å². The molecule has 1 aliphatic heterocycles. The number of hydrogen-bond acceptors (Lipinski definition) is 2. The molecule has 0 saturated heterocycles. The normalized spacial score (nSPS) is 17.8. The van der Waals surface area contributed by atoms with Crippen LogP contribution in [0.2, 0.25) is 0 Å².